The molecule has 356 valence electrons. The molecule has 0 rings (SSSR count). The average Bonchev–Trinajstić information content (AvgIpc) is 3.21. The Balaban J connectivity index is 4.45. The summed E-state index contributed by atoms with van der Waals surface area (Å²) in [5.74, 6) is 0. The molecule has 0 aromatic carbocycles. The molecule has 0 spiro atoms. The van der Waals surface area contributed by atoms with Crippen molar-refractivity contribution in [3.8, 4) is 0 Å². The van der Waals surface area contributed by atoms with Gasteiger partial charge in [0.05, 0.1) is 18.3 Å². The molecule has 5 heteroatoms. The van der Waals surface area contributed by atoms with Gasteiger partial charge in [0.1, 0.15) is 0 Å². The van der Waals surface area contributed by atoms with Gasteiger partial charge in [-0.2, -0.15) is 0 Å². The Kier molecular flexibility index (Phi) is 47.7. The van der Waals surface area contributed by atoms with Crippen LogP contribution in [-0.2, 0) is 18.1 Å². The molecule has 0 amide bonds. The standard InChI is InChI=1S/C54H111O4P/c1-7-10-13-16-19-22-25-28-31-34-37-40-43-46-49-52(4)56-59(55,57-53(5)50-47-44-41-38-35-32-29-26-23-20-17-14-11-8-2)58-54(6)51-48-45-42-39-36-33-30-27-24-21-18-15-12-9-3/h52-54H,7-51H2,1-6H3. The monoisotopic (exact) mass is 855 g/mol. The molecule has 3 atom stereocenters. The third-order valence-electron chi connectivity index (χ3n) is 12.8. The van der Waals surface area contributed by atoms with Crippen molar-refractivity contribution in [1.82, 2.24) is 0 Å². The summed E-state index contributed by atoms with van der Waals surface area (Å²) >= 11 is 0. The van der Waals surface area contributed by atoms with Gasteiger partial charge in [-0.15, -0.1) is 0 Å². The first-order valence-electron chi connectivity index (χ1n) is 27.5. The number of phosphoric ester groups is 1. The maximum Gasteiger partial charge on any atom is 0.475 e. The Bertz CT molecular complexity index is 731. The second kappa shape index (κ2) is 47.6. The van der Waals surface area contributed by atoms with Crippen LogP contribution in [0.25, 0.3) is 0 Å². The molecule has 0 saturated heterocycles. The fourth-order valence-corrected chi connectivity index (χ4v) is 10.6. The Morgan fingerprint density at radius 2 is 0.390 bits per heavy atom. The first kappa shape index (κ1) is 59.1. The van der Waals surface area contributed by atoms with Gasteiger partial charge in [0.2, 0.25) is 0 Å². The summed E-state index contributed by atoms with van der Waals surface area (Å²) in [4.78, 5) is 0. The minimum atomic E-state index is -3.65. The fraction of sp³-hybridized carbons (Fsp3) is 1.00. The number of phosphoric acid groups is 1. The highest BCUT2D eigenvalue weighted by molar-refractivity contribution is 7.48. The van der Waals surface area contributed by atoms with Gasteiger partial charge in [-0.3, -0.25) is 13.6 Å². The minimum absolute atomic E-state index is 0.125. The lowest BCUT2D eigenvalue weighted by atomic mass is 10.0. The third-order valence-corrected chi connectivity index (χ3v) is 14.7. The summed E-state index contributed by atoms with van der Waals surface area (Å²) in [6, 6.07) is 0. The molecule has 0 radical (unpaired) electrons. The van der Waals surface area contributed by atoms with E-state index in [0.29, 0.717) is 0 Å². The van der Waals surface area contributed by atoms with E-state index in [4.69, 9.17) is 13.6 Å². The molecule has 0 aliphatic carbocycles. The zero-order valence-corrected chi connectivity index (χ0v) is 42.5. The van der Waals surface area contributed by atoms with E-state index >= 15 is 0 Å². The summed E-state index contributed by atoms with van der Waals surface area (Å²) in [6.45, 7) is 13.1. The van der Waals surface area contributed by atoms with Crippen molar-refractivity contribution in [2.45, 2.75) is 349 Å². The molecule has 0 bridgehead atoms. The van der Waals surface area contributed by atoms with Gasteiger partial charge in [0.15, 0.2) is 0 Å². The van der Waals surface area contributed by atoms with E-state index in [1.165, 1.54) is 250 Å². The van der Waals surface area contributed by atoms with E-state index in [-0.39, 0.29) is 18.3 Å². The van der Waals surface area contributed by atoms with Gasteiger partial charge in [-0.25, -0.2) is 4.57 Å². The topological polar surface area (TPSA) is 44.8 Å². The number of rotatable bonds is 51. The predicted octanol–water partition coefficient (Wildman–Crippen LogP) is 20.9. The zero-order chi connectivity index (χ0) is 43.2. The van der Waals surface area contributed by atoms with E-state index < -0.39 is 7.82 Å². The molecule has 0 aliphatic heterocycles. The van der Waals surface area contributed by atoms with Gasteiger partial charge in [-0.1, -0.05) is 290 Å². The lowest BCUT2D eigenvalue weighted by Gasteiger charge is -2.27. The first-order chi connectivity index (χ1) is 28.9. The quantitative estimate of drug-likeness (QED) is 0.0452. The average molecular weight is 855 g/mol. The van der Waals surface area contributed by atoms with E-state index in [1.54, 1.807) is 0 Å². The SMILES string of the molecule is CCCCCCCCCCCCCCCCC(C)OP(=O)(OC(C)CCCCCCCCCCCCCCCC)OC(C)CCCCCCCCCCCCCCCC. The van der Waals surface area contributed by atoms with Crippen LogP contribution in [0.15, 0.2) is 0 Å². The van der Waals surface area contributed by atoms with Crippen LogP contribution in [0.3, 0.4) is 0 Å². The molecule has 0 aromatic rings. The summed E-state index contributed by atoms with van der Waals surface area (Å²) < 4.78 is 33.0. The van der Waals surface area contributed by atoms with Crippen molar-refractivity contribution in [3.05, 3.63) is 0 Å². The summed E-state index contributed by atoms with van der Waals surface area (Å²) in [5.41, 5.74) is 0. The number of hydrogen-bond donors (Lipinski definition) is 0. The van der Waals surface area contributed by atoms with Gasteiger partial charge < -0.3 is 0 Å². The molecule has 0 heterocycles. The van der Waals surface area contributed by atoms with Crippen LogP contribution in [0.1, 0.15) is 330 Å². The second-order valence-corrected chi connectivity index (χ2v) is 20.9. The van der Waals surface area contributed by atoms with Crippen molar-refractivity contribution in [2.75, 3.05) is 0 Å². The van der Waals surface area contributed by atoms with Crippen LogP contribution in [0, 0.1) is 0 Å². The van der Waals surface area contributed by atoms with Crippen LogP contribution in [-0.4, -0.2) is 18.3 Å². The lowest BCUT2D eigenvalue weighted by molar-refractivity contribution is 0.0358. The molecule has 0 N–H and O–H groups in total. The van der Waals surface area contributed by atoms with Crippen LogP contribution in [0.5, 0.6) is 0 Å². The molecule has 0 saturated carbocycles. The number of unbranched alkanes of at least 4 members (excludes halogenated alkanes) is 39. The van der Waals surface area contributed by atoms with Gasteiger partial charge in [0, 0.05) is 0 Å². The van der Waals surface area contributed by atoms with Crippen LogP contribution >= 0.6 is 7.82 Å². The van der Waals surface area contributed by atoms with Crippen molar-refractivity contribution in [1.29, 1.82) is 0 Å². The number of hydrogen-bond acceptors (Lipinski definition) is 4. The zero-order valence-electron chi connectivity index (χ0n) is 41.6. The molecule has 3 unspecified atom stereocenters. The van der Waals surface area contributed by atoms with Gasteiger partial charge in [-0.05, 0) is 40.0 Å². The van der Waals surface area contributed by atoms with Crippen LogP contribution in [0.2, 0.25) is 0 Å². The highest BCUT2D eigenvalue weighted by Crippen LogP contribution is 2.54. The van der Waals surface area contributed by atoms with Crippen molar-refractivity contribution in [3.63, 3.8) is 0 Å². The van der Waals surface area contributed by atoms with Gasteiger partial charge >= 0.3 is 7.82 Å². The molecule has 59 heavy (non-hydrogen) atoms. The molecule has 4 nitrogen and oxygen atoms in total. The Hall–Kier alpha value is 0.110. The predicted molar refractivity (Wildman–Crippen MR) is 264 cm³/mol. The Labute approximate surface area is 373 Å². The van der Waals surface area contributed by atoms with Gasteiger partial charge in [0.25, 0.3) is 0 Å². The highest BCUT2D eigenvalue weighted by atomic mass is 31.2. The lowest BCUT2D eigenvalue weighted by Crippen LogP contribution is -2.17. The highest BCUT2D eigenvalue weighted by Gasteiger charge is 2.33. The van der Waals surface area contributed by atoms with E-state index in [9.17, 15) is 4.57 Å². The normalized spacial score (nSPS) is 14.5. The molecule has 0 aromatic heterocycles. The van der Waals surface area contributed by atoms with Crippen LogP contribution < -0.4 is 0 Å². The Morgan fingerprint density at radius 1 is 0.254 bits per heavy atom. The second-order valence-electron chi connectivity index (χ2n) is 19.3. The molecular weight excluding hydrogens is 744 g/mol. The van der Waals surface area contributed by atoms with E-state index in [1.807, 2.05) is 0 Å². The summed E-state index contributed by atoms with van der Waals surface area (Å²) in [7, 11) is -3.65. The fourth-order valence-electron chi connectivity index (χ4n) is 8.77. The summed E-state index contributed by atoms with van der Waals surface area (Å²) in [6.07, 6.45) is 59.4. The van der Waals surface area contributed by atoms with E-state index in [2.05, 4.69) is 41.5 Å². The molecular formula is C54H111O4P. The molecule has 0 fully saturated rings. The first-order valence-corrected chi connectivity index (χ1v) is 29.0. The maximum absolute atomic E-state index is 14.2. The molecule has 0 aliphatic rings. The Morgan fingerprint density at radius 3 is 0.542 bits per heavy atom. The van der Waals surface area contributed by atoms with Crippen molar-refractivity contribution >= 4 is 7.82 Å². The smallest absolute Gasteiger partial charge is 0.284 e. The third kappa shape index (κ3) is 45.9. The van der Waals surface area contributed by atoms with Crippen LogP contribution in [0.4, 0.5) is 0 Å². The van der Waals surface area contributed by atoms with Crippen molar-refractivity contribution < 1.29 is 18.1 Å². The largest absolute Gasteiger partial charge is 0.475 e. The summed E-state index contributed by atoms with van der Waals surface area (Å²) in [5, 5.41) is 0. The van der Waals surface area contributed by atoms with E-state index in [0.717, 1.165) is 38.5 Å². The van der Waals surface area contributed by atoms with Crippen molar-refractivity contribution in [2.24, 2.45) is 0 Å². The minimum Gasteiger partial charge on any atom is -0.284 e. The maximum atomic E-state index is 14.2.